The first kappa shape index (κ1) is 14.2. The van der Waals surface area contributed by atoms with E-state index in [-0.39, 0.29) is 0 Å². The van der Waals surface area contributed by atoms with Crippen molar-refractivity contribution in [3.63, 3.8) is 0 Å². The number of anilines is 1. The topological polar surface area (TPSA) is 78.4 Å². The number of hydrogen-bond acceptors (Lipinski definition) is 3. The number of aliphatic carboxylic acids is 1. The van der Waals surface area contributed by atoms with Gasteiger partial charge in [-0.25, -0.2) is 4.79 Å². The summed E-state index contributed by atoms with van der Waals surface area (Å²) in [4.78, 5) is 22.6. The number of hydrogen-bond donors (Lipinski definition) is 3. The first-order valence-electron chi connectivity index (χ1n) is 5.65. The molecule has 0 heterocycles. The van der Waals surface area contributed by atoms with Gasteiger partial charge >= 0.3 is 5.97 Å². The number of aryl methyl sites for hydroxylation is 3. The fourth-order valence-electron chi connectivity index (χ4n) is 1.67. The lowest BCUT2D eigenvalue weighted by atomic mass is 10.0. The Kier molecular flexibility index (Phi) is 4.44. The van der Waals surface area contributed by atoms with Gasteiger partial charge in [0, 0.05) is 5.69 Å². The lowest BCUT2D eigenvalue weighted by Gasteiger charge is -2.14. The fraction of sp³-hybridized carbons (Fsp3) is 0.385. The molecule has 0 aromatic heterocycles. The minimum absolute atomic E-state index is 0.573. The Bertz CT molecular complexity index is 483. The van der Waals surface area contributed by atoms with Crippen LogP contribution in [-0.4, -0.2) is 30.1 Å². The standard InChI is InChI=1S/C13H18N2O3/c1-7-5-9(3)10(6-8(7)2)15-12(16)11(14-4)13(17)18/h5-6,11,14H,1-4H3,(H,15,16)(H,17,18). The molecule has 0 radical (unpaired) electrons. The molecule has 5 nitrogen and oxygen atoms in total. The zero-order valence-electron chi connectivity index (χ0n) is 11.0. The van der Waals surface area contributed by atoms with Gasteiger partial charge in [-0.3, -0.25) is 10.1 Å². The minimum Gasteiger partial charge on any atom is -0.480 e. The molecule has 0 spiro atoms. The van der Waals surface area contributed by atoms with Crippen molar-refractivity contribution in [2.45, 2.75) is 26.8 Å². The number of likely N-dealkylation sites (N-methyl/N-ethyl adjacent to an activating group) is 1. The van der Waals surface area contributed by atoms with Crippen LogP contribution in [0, 0.1) is 20.8 Å². The van der Waals surface area contributed by atoms with Crippen molar-refractivity contribution >= 4 is 17.6 Å². The van der Waals surface area contributed by atoms with Crippen molar-refractivity contribution < 1.29 is 14.7 Å². The summed E-state index contributed by atoms with van der Waals surface area (Å²) in [6, 6.07) is 2.56. The van der Waals surface area contributed by atoms with Crippen molar-refractivity contribution in [1.82, 2.24) is 5.32 Å². The molecule has 0 aliphatic heterocycles. The van der Waals surface area contributed by atoms with Crippen molar-refractivity contribution in [3.05, 3.63) is 28.8 Å². The molecule has 98 valence electrons. The minimum atomic E-state index is -1.24. The van der Waals surface area contributed by atoms with Crippen LogP contribution in [0.25, 0.3) is 0 Å². The van der Waals surface area contributed by atoms with Crippen LogP contribution < -0.4 is 10.6 Å². The van der Waals surface area contributed by atoms with E-state index >= 15 is 0 Å². The summed E-state index contributed by atoms with van der Waals surface area (Å²) < 4.78 is 0. The SMILES string of the molecule is CNC(C(=O)O)C(=O)Nc1cc(C)c(C)cc1C. The van der Waals surface area contributed by atoms with Gasteiger partial charge in [-0.1, -0.05) is 6.07 Å². The van der Waals surface area contributed by atoms with Gasteiger partial charge < -0.3 is 10.4 Å². The summed E-state index contributed by atoms with van der Waals surface area (Å²) in [5, 5.41) is 14.0. The average molecular weight is 250 g/mol. The quantitative estimate of drug-likeness (QED) is 0.702. The number of nitrogens with one attached hydrogen (secondary N) is 2. The summed E-state index contributed by atoms with van der Waals surface area (Å²) in [6.45, 7) is 5.80. The Morgan fingerprint density at radius 2 is 1.67 bits per heavy atom. The van der Waals surface area contributed by atoms with Crippen molar-refractivity contribution in [2.24, 2.45) is 0 Å². The molecule has 0 saturated heterocycles. The molecule has 1 aromatic carbocycles. The third-order valence-corrected chi connectivity index (χ3v) is 2.90. The Morgan fingerprint density at radius 1 is 1.11 bits per heavy atom. The molecule has 0 aliphatic rings. The number of rotatable bonds is 4. The smallest absolute Gasteiger partial charge is 0.330 e. The summed E-state index contributed by atoms with van der Waals surface area (Å²) >= 11 is 0. The van der Waals surface area contributed by atoms with E-state index in [0.717, 1.165) is 16.7 Å². The van der Waals surface area contributed by atoms with Crippen molar-refractivity contribution in [3.8, 4) is 0 Å². The van der Waals surface area contributed by atoms with E-state index in [1.165, 1.54) is 7.05 Å². The summed E-state index contributed by atoms with van der Waals surface area (Å²) in [5.41, 5.74) is 3.73. The van der Waals surface area contributed by atoms with E-state index in [4.69, 9.17) is 5.11 Å². The molecule has 3 N–H and O–H groups in total. The molecular weight excluding hydrogens is 232 g/mol. The van der Waals surface area contributed by atoms with Gasteiger partial charge in [0.05, 0.1) is 0 Å². The maximum absolute atomic E-state index is 11.8. The van der Waals surface area contributed by atoms with Crippen LogP contribution in [0.1, 0.15) is 16.7 Å². The van der Waals surface area contributed by atoms with Gasteiger partial charge in [-0.15, -0.1) is 0 Å². The molecule has 1 rings (SSSR count). The molecule has 5 heteroatoms. The molecule has 1 atom stereocenters. The van der Waals surface area contributed by atoms with Gasteiger partial charge in [0.1, 0.15) is 0 Å². The summed E-state index contributed by atoms with van der Waals surface area (Å²) in [5.74, 6) is -1.77. The highest BCUT2D eigenvalue weighted by atomic mass is 16.4. The van der Waals surface area contributed by atoms with Gasteiger partial charge in [0.15, 0.2) is 6.04 Å². The lowest BCUT2D eigenvalue weighted by Crippen LogP contribution is -2.44. The van der Waals surface area contributed by atoms with E-state index in [1.807, 2.05) is 32.9 Å². The molecular formula is C13H18N2O3. The van der Waals surface area contributed by atoms with E-state index in [1.54, 1.807) is 0 Å². The van der Waals surface area contributed by atoms with Gasteiger partial charge in [0.25, 0.3) is 5.91 Å². The highest BCUT2D eigenvalue weighted by Crippen LogP contribution is 2.20. The molecule has 0 saturated carbocycles. The highest BCUT2D eigenvalue weighted by molar-refractivity contribution is 6.08. The van der Waals surface area contributed by atoms with E-state index in [0.29, 0.717) is 5.69 Å². The highest BCUT2D eigenvalue weighted by Gasteiger charge is 2.24. The third-order valence-electron chi connectivity index (χ3n) is 2.90. The number of carboxylic acids is 1. The maximum Gasteiger partial charge on any atom is 0.330 e. The number of carbonyl (C=O) groups excluding carboxylic acids is 1. The number of carbonyl (C=O) groups is 2. The molecule has 1 unspecified atom stereocenters. The van der Waals surface area contributed by atoms with Gasteiger partial charge in [-0.05, 0) is 50.6 Å². The van der Waals surface area contributed by atoms with Crippen LogP contribution in [0.15, 0.2) is 12.1 Å². The predicted octanol–water partition coefficient (Wildman–Crippen LogP) is 1.22. The first-order valence-corrected chi connectivity index (χ1v) is 5.65. The van der Waals surface area contributed by atoms with Crippen molar-refractivity contribution in [2.75, 3.05) is 12.4 Å². The molecule has 0 aliphatic carbocycles. The zero-order chi connectivity index (χ0) is 13.9. The second kappa shape index (κ2) is 5.64. The van der Waals surface area contributed by atoms with Crippen LogP contribution in [0.5, 0.6) is 0 Å². The summed E-state index contributed by atoms with van der Waals surface area (Å²) in [6.07, 6.45) is 0. The maximum atomic E-state index is 11.8. The number of carboxylic acid groups (broad SMARTS) is 1. The predicted molar refractivity (Wildman–Crippen MR) is 69.8 cm³/mol. The number of amides is 1. The monoisotopic (exact) mass is 250 g/mol. The third kappa shape index (κ3) is 3.07. The van der Waals surface area contributed by atoms with E-state index in [9.17, 15) is 9.59 Å². The second-order valence-electron chi connectivity index (χ2n) is 4.30. The van der Waals surface area contributed by atoms with E-state index < -0.39 is 17.9 Å². The zero-order valence-corrected chi connectivity index (χ0v) is 11.0. The van der Waals surface area contributed by atoms with Crippen molar-refractivity contribution in [1.29, 1.82) is 0 Å². The second-order valence-corrected chi connectivity index (χ2v) is 4.30. The summed E-state index contributed by atoms with van der Waals surface area (Å²) in [7, 11) is 1.44. The van der Waals surface area contributed by atoms with Crippen LogP contribution in [0.2, 0.25) is 0 Å². The van der Waals surface area contributed by atoms with Gasteiger partial charge in [-0.2, -0.15) is 0 Å². The molecule has 18 heavy (non-hydrogen) atoms. The first-order chi connectivity index (χ1) is 8.36. The Labute approximate surface area is 106 Å². The van der Waals surface area contributed by atoms with E-state index in [2.05, 4.69) is 10.6 Å². The lowest BCUT2D eigenvalue weighted by molar-refractivity contribution is -0.142. The molecule has 0 bridgehead atoms. The molecule has 1 aromatic rings. The van der Waals surface area contributed by atoms with Crippen LogP contribution >= 0.6 is 0 Å². The van der Waals surface area contributed by atoms with Crippen LogP contribution in [0.4, 0.5) is 5.69 Å². The Hall–Kier alpha value is -1.88. The molecule has 1 amide bonds. The van der Waals surface area contributed by atoms with Crippen LogP contribution in [-0.2, 0) is 9.59 Å². The fourth-order valence-corrected chi connectivity index (χ4v) is 1.67. The molecule has 0 fully saturated rings. The van der Waals surface area contributed by atoms with Crippen LogP contribution in [0.3, 0.4) is 0 Å². The Balaban J connectivity index is 2.94. The average Bonchev–Trinajstić information content (AvgIpc) is 2.26. The Morgan fingerprint density at radius 3 is 2.17 bits per heavy atom. The van der Waals surface area contributed by atoms with Gasteiger partial charge in [0.2, 0.25) is 0 Å². The largest absolute Gasteiger partial charge is 0.480 e. The normalized spacial score (nSPS) is 12.0. The number of benzene rings is 1.